The average molecular weight is 499 g/mol. The SMILES string of the molecule is CC.CC(C)Cn1c(=O)n(C)c(=O)c2c(Nc3ccccc3)n(Cc3ccc(-n4ccnc4)cc3)cc21. The molecule has 0 aliphatic rings. The fraction of sp³-hybridized carbons (Fsp3) is 0.276. The molecule has 1 N–H and O–H groups in total. The lowest BCUT2D eigenvalue weighted by Crippen LogP contribution is -2.38. The summed E-state index contributed by atoms with van der Waals surface area (Å²) < 4.78 is 6.87. The first-order chi connectivity index (χ1) is 17.9. The highest BCUT2D eigenvalue weighted by Crippen LogP contribution is 2.27. The minimum absolute atomic E-state index is 0.248. The van der Waals surface area contributed by atoms with Crippen LogP contribution in [-0.2, 0) is 20.1 Å². The van der Waals surface area contributed by atoms with E-state index in [0.717, 1.165) is 16.9 Å². The van der Waals surface area contributed by atoms with Gasteiger partial charge in [-0.15, -0.1) is 0 Å². The van der Waals surface area contributed by atoms with E-state index in [1.807, 2.05) is 77.8 Å². The third-order valence-electron chi connectivity index (χ3n) is 6.06. The molecule has 8 heteroatoms. The highest BCUT2D eigenvalue weighted by atomic mass is 16.2. The summed E-state index contributed by atoms with van der Waals surface area (Å²) in [5.41, 5.74) is 2.99. The number of imidazole rings is 1. The number of aromatic nitrogens is 5. The number of fused-ring (bicyclic) bond motifs is 1. The molecule has 8 nitrogen and oxygen atoms in total. The Hall–Kier alpha value is -4.33. The summed E-state index contributed by atoms with van der Waals surface area (Å²) in [5, 5.41) is 3.95. The molecule has 3 aromatic heterocycles. The number of rotatable bonds is 7. The van der Waals surface area contributed by atoms with Crippen molar-refractivity contribution < 1.29 is 0 Å². The van der Waals surface area contributed by atoms with Crippen molar-refractivity contribution in [2.75, 3.05) is 5.32 Å². The van der Waals surface area contributed by atoms with Gasteiger partial charge in [0.1, 0.15) is 11.2 Å². The molecular weight excluding hydrogens is 464 g/mol. The molecule has 0 fully saturated rings. The summed E-state index contributed by atoms with van der Waals surface area (Å²) in [6, 6.07) is 17.9. The topological polar surface area (TPSA) is 78.8 Å². The van der Waals surface area contributed by atoms with E-state index in [0.29, 0.717) is 29.8 Å². The number of benzene rings is 2. The predicted molar refractivity (Wildman–Crippen MR) is 150 cm³/mol. The van der Waals surface area contributed by atoms with Gasteiger partial charge in [-0.3, -0.25) is 13.9 Å². The molecule has 0 unspecified atom stereocenters. The Morgan fingerprint density at radius 1 is 0.973 bits per heavy atom. The van der Waals surface area contributed by atoms with Crippen molar-refractivity contribution in [3.63, 3.8) is 0 Å². The van der Waals surface area contributed by atoms with Gasteiger partial charge in [-0.1, -0.05) is 58.0 Å². The first-order valence-electron chi connectivity index (χ1n) is 12.6. The van der Waals surface area contributed by atoms with Crippen molar-refractivity contribution in [1.29, 1.82) is 0 Å². The molecular formula is C29H34N6O2. The number of nitrogens with one attached hydrogen (secondary N) is 1. The van der Waals surface area contributed by atoms with Crippen LogP contribution in [0.15, 0.2) is 89.1 Å². The van der Waals surface area contributed by atoms with Gasteiger partial charge in [0, 0.05) is 50.1 Å². The second-order valence-corrected chi connectivity index (χ2v) is 9.14. The van der Waals surface area contributed by atoms with Crippen LogP contribution >= 0.6 is 0 Å². The lowest BCUT2D eigenvalue weighted by atomic mass is 10.2. The zero-order chi connectivity index (χ0) is 26.5. The van der Waals surface area contributed by atoms with Gasteiger partial charge in [-0.05, 0) is 35.7 Å². The Kier molecular flexibility index (Phi) is 7.77. The van der Waals surface area contributed by atoms with Crippen LogP contribution in [0, 0.1) is 5.92 Å². The normalized spacial score (nSPS) is 11.0. The van der Waals surface area contributed by atoms with Crippen LogP contribution in [0.2, 0.25) is 0 Å². The maximum atomic E-state index is 13.3. The van der Waals surface area contributed by atoms with Gasteiger partial charge in [0.05, 0.1) is 11.8 Å². The molecule has 3 heterocycles. The van der Waals surface area contributed by atoms with Gasteiger partial charge < -0.3 is 14.5 Å². The van der Waals surface area contributed by atoms with Crippen LogP contribution in [0.1, 0.15) is 33.3 Å². The van der Waals surface area contributed by atoms with Crippen LogP contribution in [0.4, 0.5) is 11.5 Å². The predicted octanol–water partition coefficient (Wildman–Crippen LogP) is 5.16. The van der Waals surface area contributed by atoms with E-state index < -0.39 is 0 Å². The highest BCUT2D eigenvalue weighted by molar-refractivity contribution is 5.92. The smallest absolute Gasteiger partial charge is 0.331 e. The molecule has 0 saturated carbocycles. The molecule has 0 aliphatic heterocycles. The van der Waals surface area contributed by atoms with Crippen LogP contribution in [0.3, 0.4) is 0 Å². The van der Waals surface area contributed by atoms with E-state index in [1.165, 1.54) is 4.57 Å². The molecule has 0 radical (unpaired) electrons. The summed E-state index contributed by atoms with van der Waals surface area (Å²) >= 11 is 0. The largest absolute Gasteiger partial charge is 0.341 e. The van der Waals surface area contributed by atoms with Gasteiger partial charge in [-0.2, -0.15) is 0 Å². The Labute approximate surface area is 216 Å². The highest BCUT2D eigenvalue weighted by Gasteiger charge is 2.20. The minimum Gasteiger partial charge on any atom is -0.341 e. The van der Waals surface area contributed by atoms with Crippen molar-refractivity contribution in [2.24, 2.45) is 13.0 Å². The van der Waals surface area contributed by atoms with Gasteiger partial charge in [-0.25, -0.2) is 9.78 Å². The third kappa shape index (κ3) is 5.28. The van der Waals surface area contributed by atoms with Gasteiger partial charge in [0.2, 0.25) is 0 Å². The summed E-state index contributed by atoms with van der Waals surface area (Å²) in [4.78, 5) is 30.4. The number of hydrogen-bond acceptors (Lipinski definition) is 4. The van der Waals surface area contributed by atoms with Crippen LogP contribution in [-0.4, -0.2) is 23.3 Å². The zero-order valence-corrected chi connectivity index (χ0v) is 22.0. The van der Waals surface area contributed by atoms with Crippen molar-refractivity contribution in [2.45, 2.75) is 40.8 Å². The second kappa shape index (κ2) is 11.2. The van der Waals surface area contributed by atoms with Crippen LogP contribution in [0.25, 0.3) is 16.6 Å². The lowest BCUT2D eigenvalue weighted by Gasteiger charge is -2.13. The molecule has 5 rings (SSSR count). The summed E-state index contributed by atoms with van der Waals surface area (Å²) in [6.07, 6.45) is 7.33. The van der Waals surface area contributed by atoms with Crippen molar-refractivity contribution in [3.8, 4) is 5.69 Å². The quantitative estimate of drug-likeness (QED) is 0.336. The molecule has 2 aromatic carbocycles. The van der Waals surface area contributed by atoms with E-state index in [2.05, 4.69) is 36.3 Å². The minimum atomic E-state index is -0.308. The van der Waals surface area contributed by atoms with Crippen LogP contribution in [0.5, 0.6) is 0 Å². The van der Waals surface area contributed by atoms with Gasteiger partial charge in [0.25, 0.3) is 5.56 Å². The van der Waals surface area contributed by atoms with E-state index >= 15 is 0 Å². The first kappa shape index (κ1) is 25.8. The second-order valence-electron chi connectivity index (χ2n) is 9.14. The molecule has 192 valence electrons. The standard InChI is InChI=1S/C27H28N6O2.C2H6/c1-19(2)15-33-23-17-32(16-20-9-11-22(12-10-20)31-14-13-28-18-31)25(29-21-7-5-4-6-8-21)24(23)26(34)30(3)27(33)35;1-2/h4-14,17-19,29H,15-16H2,1-3H3;1-2H3. The van der Waals surface area contributed by atoms with Gasteiger partial charge >= 0.3 is 5.69 Å². The molecule has 0 spiro atoms. The first-order valence-corrected chi connectivity index (χ1v) is 12.6. The number of hydrogen-bond donors (Lipinski definition) is 1. The van der Waals surface area contributed by atoms with Gasteiger partial charge in [0.15, 0.2) is 0 Å². The Bertz CT molecular complexity index is 1570. The summed E-state index contributed by atoms with van der Waals surface area (Å²) in [5.74, 6) is 0.918. The zero-order valence-electron chi connectivity index (χ0n) is 22.0. The van der Waals surface area contributed by atoms with E-state index in [-0.39, 0.29) is 17.2 Å². The van der Waals surface area contributed by atoms with Crippen LogP contribution < -0.4 is 16.6 Å². The van der Waals surface area contributed by atoms with Crippen molar-refractivity contribution in [1.82, 2.24) is 23.3 Å². The van der Waals surface area contributed by atoms with E-state index in [1.54, 1.807) is 24.1 Å². The molecule has 0 atom stereocenters. The Morgan fingerprint density at radius 2 is 1.68 bits per heavy atom. The Morgan fingerprint density at radius 3 is 2.30 bits per heavy atom. The van der Waals surface area contributed by atoms with Crippen molar-refractivity contribution in [3.05, 3.63) is 106 Å². The van der Waals surface area contributed by atoms with Crippen molar-refractivity contribution >= 4 is 22.4 Å². The fourth-order valence-corrected chi connectivity index (χ4v) is 4.34. The molecule has 0 bridgehead atoms. The molecule has 37 heavy (non-hydrogen) atoms. The average Bonchev–Trinajstić information content (AvgIpc) is 3.57. The number of nitrogens with zero attached hydrogens (tertiary/aromatic N) is 5. The fourth-order valence-electron chi connectivity index (χ4n) is 4.34. The molecule has 5 aromatic rings. The van der Waals surface area contributed by atoms with E-state index in [9.17, 15) is 9.59 Å². The third-order valence-corrected chi connectivity index (χ3v) is 6.06. The maximum absolute atomic E-state index is 13.3. The Balaban J connectivity index is 0.00000156. The number of para-hydroxylation sites is 1. The maximum Gasteiger partial charge on any atom is 0.331 e. The monoisotopic (exact) mass is 498 g/mol. The van der Waals surface area contributed by atoms with E-state index in [4.69, 9.17) is 0 Å². The summed E-state index contributed by atoms with van der Waals surface area (Å²) in [6.45, 7) is 9.18. The lowest BCUT2D eigenvalue weighted by molar-refractivity contribution is 0.502. The molecule has 0 amide bonds. The molecule has 0 aliphatic carbocycles. The molecule has 0 saturated heterocycles. The summed E-state index contributed by atoms with van der Waals surface area (Å²) in [7, 11) is 1.54. The number of anilines is 2.